The third kappa shape index (κ3) is 6.47. The van der Waals surface area contributed by atoms with Crippen LogP contribution in [0.15, 0.2) is 0 Å². The fraction of sp³-hybridized carbons (Fsp3) is 0.947. The third-order valence-corrected chi connectivity index (χ3v) is 9.46. The predicted molar refractivity (Wildman–Crippen MR) is 109 cm³/mol. The number of nitrogens with zero attached hydrogens (tertiary/aromatic N) is 1. The summed E-state index contributed by atoms with van der Waals surface area (Å²) in [7, 11) is 8.68. The molecule has 144 valence electrons. The van der Waals surface area contributed by atoms with Crippen LogP contribution in [0.3, 0.4) is 0 Å². The summed E-state index contributed by atoms with van der Waals surface area (Å²) in [6, 6.07) is 0.733. The second-order valence-corrected chi connectivity index (χ2v) is 16.5. The first-order chi connectivity index (χ1) is 11.0. The third-order valence-electron chi connectivity index (χ3n) is 6.57. The van der Waals surface area contributed by atoms with Crippen LogP contribution in [0.4, 0.5) is 0 Å². The van der Waals surface area contributed by atoms with Gasteiger partial charge in [0, 0.05) is 8.07 Å². The van der Waals surface area contributed by atoms with E-state index in [9.17, 15) is 0 Å². The quantitative estimate of drug-likeness (QED) is 0.322. The normalized spacial score (nSPS) is 36.1. The first kappa shape index (κ1) is 23.3. The zero-order chi connectivity index (χ0) is 16.9. The van der Waals surface area contributed by atoms with E-state index in [0.717, 1.165) is 35.9 Å². The predicted octanol–water partition coefficient (Wildman–Crippen LogP) is 7.66. The first-order valence-electron chi connectivity index (χ1n) is 9.53. The molecule has 0 aromatic heterocycles. The van der Waals surface area contributed by atoms with Crippen LogP contribution < -0.4 is 0 Å². The molecule has 2 saturated carbocycles. The van der Waals surface area contributed by atoms with E-state index in [1.165, 1.54) is 38.5 Å². The summed E-state index contributed by atoms with van der Waals surface area (Å²) in [4.78, 5) is 0. The van der Waals surface area contributed by atoms with Gasteiger partial charge in [-0.2, -0.15) is 0 Å². The Hall–Kier alpha value is 1.29. The fourth-order valence-corrected chi connectivity index (χ4v) is 8.32. The maximum atomic E-state index is 4.93. The molecule has 5 atom stereocenters. The topological polar surface area (TPSA) is 14.1 Å². The van der Waals surface area contributed by atoms with Gasteiger partial charge in [0.2, 0.25) is 0 Å². The summed E-state index contributed by atoms with van der Waals surface area (Å²) in [5, 5.41) is 4.93. The van der Waals surface area contributed by atoms with E-state index in [4.69, 9.17) is 25.4 Å². The molecule has 1 saturated heterocycles. The number of rotatable bonds is 3. The molecule has 5 unspecified atom stereocenters. The number of hydrogen-bond acceptors (Lipinski definition) is 0. The average molecular weight is 430 g/mol. The Kier molecular flexibility index (Phi) is 10.9. The summed E-state index contributed by atoms with van der Waals surface area (Å²) in [6.07, 6.45) is 13.3. The minimum atomic E-state index is -0.971. The molecule has 0 spiro atoms. The number of halogens is 2. The molecule has 3 fully saturated rings. The maximum absolute atomic E-state index is 4.93. The van der Waals surface area contributed by atoms with Crippen LogP contribution in [0.5, 0.6) is 0 Å². The monoisotopic (exact) mass is 429 g/mol. The summed E-state index contributed by atoms with van der Waals surface area (Å²) in [6.45, 7) is 9.02. The van der Waals surface area contributed by atoms with E-state index in [-0.39, 0.29) is 20.8 Å². The van der Waals surface area contributed by atoms with Crippen molar-refractivity contribution >= 4 is 28.2 Å². The van der Waals surface area contributed by atoms with E-state index in [0.29, 0.717) is 0 Å². The van der Waals surface area contributed by atoms with Gasteiger partial charge in [-0.25, -0.2) is 0 Å². The Morgan fingerprint density at radius 3 is 2.08 bits per heavy atom. The first-order valence-corrected chi connectivity index (χ1v) is 16.6. The van der Waals surface area contributed by atoms with Crippen molar-refractivity contribution in [3.05, 3.63) is 12.7 Å². The molecule has 0 aromatic carbocycles. The molecule has 3 aliphatic rings. The second kappa shape index (κ2) is 11.2. The number of fused-ring (bicyclic) bond motifs is 1. The Morgan fingerprint density at radius 1 is 0.958 bits per heavy atom. The Labute approximate surface area is 167 Å². The van der Waals surface area contributed by atoms with Gasteiger partial charge in [-0.15, -0.1) is 12.6 Å². The van der Waals surface area contributed by atoms with E-state index in [2.05, 4.69) is 19.6 Å². The molecule has 0 radical (unpaired) electrons. The van der Waals surface area contributed by atoms with Crippen molar-refractivity contribution in [2.75, 3.05) is 6.54 Å². The van der Waals surface area contributed by atoms with Gasteiger partial charge in [0.1, 0.15) is 0 Å². The summed E-state index contributed by atoms with van der Waals surface area (Å²) < 4.78 is 0. The van der Waals surface area contributed by atoms with E-state index >= 15 is 0 Å². The molecular weight excluding hydrogens is 393 g/mol. The summed E-state index contributed by atoms with van der Waals surface area (Å²) in [5.74, 6) is 3.21. The van der Waals surface area contributed by atoms with Gasteiger partial charge < -0.3 is 12.7 Å². The SMILES string of the molecule is C[Si](C)(C)C1CC(CC2CCCC[N-]2)C2CCCCC21.[CH3-].[Cl][Cr][Cl]. The van der Waals surface area contributed by atoms with Gasteiger partial charge in [0.15, 0.2) is 0 Å². The van der Waals surface area contributed by atoms with Gasteiger partial charge in [-0.05, 0) is 36.1 Å². The van der Waals surface area contributed by atoms with Crippen molar-refractivity contribution in [3.8, 4) is 0 Å². The van der Waals surface area contributed by atoms with Gasteiger partial charge in [-0.1, -0.05) is 64.6 Å². The minimum absolute atomic E-state index is 0. The van der Waals surface area contributed by atoms with Gasteiger partial charge in [-0.3, -0.25) is 0 Å². The van der Waals surface area contributed by atoms with Crippen LogP contribution in [0, 0.1) is 25.2 Å². The van der Waals surface area contributed by atoms with Crippen molar-refractivity contribution < 1.29 is 13.4 Å². The van der Waals surface area contributed by atoms with Crippen molar-refractivity contribution in [1.82, 2.24) is 0 Å². The zero-order valence-corrected chi connectivity index (χ0v) is 19.9. The second-order valence-electron chi connectivity index (χ2n) is 8.93. The van der Waals surface area contributed by atoms with Crippen molar-refractivity contribution in [2.45, 2.75) is 89.0 Å². The molecule has 0 aromatic rings. The van der Waals surface area contributed by atoms with Gasteiger partial charge in [0.25, 0.3) is 0 Å². The molecule has 0 N–H and O–H groups in total. The molecule has 2 aliphatic carbocycles. The van der Waals surface area contributed by atoms with Crippen molar-refractivity contribution in [3.63, 3.8) is 0 Å². The summed E-state index contributed by atoms with van der Waals surface area (Å²) >= 11 is -0.181. The fourth-order valence-electron chi connectivity index (χ4n) is 5.61. The zero-order valence-electron chi connectivity index (χ0n) is 16.1. The Balaban J connectivity index is 0.000000671. The molecule has 3 rings (SSSR count). The average Bonchev–Trinajstić information content (AvgIpc) is 2.88. The molecular formula is C19H37Cl2CrNSi-2. The molecule has 0 bridgehead atoms. The standard InChI is InChI=1S/C18H34NSi.CH3.2ClH.Cr/c1-20(2,3)18-13-14(12-15-8-6-7-11-19-15)16-9-4-5-10-17(16)18;;;;/h14-18H,4-13H2,1-3H3;1H3;2*1H;/q2*-1;;;+2/p-2. The van der Waals surface area contributed by atoms with Crippen LogP contribution in [0.2, 0.25) is 25.2 Å². The van der Waals surface area contributed by atoms with E-state index < -0.39 is 8.07 Å². The van der Waals surface area contributed by atoms with Crippen molar-refractivity contribution in [1.29, 1.82) is 0 Å². The molecule has 0 amide bonds. The van der Waals surface area contributed by atoms with Crippen LogP contribution >= 0.6 is 20.1 Å². The molecule has 24 heavy (non-hydrogen) atoms. The van der Waals surface area contributed by atoms with Gasteiger partial charge >= 0.3 is 33.5 Å². The molecule has 1 aliphatic heterocycles. The van der Waals surface area contributed by atoms with Crippen molar-refractivity contribution in [2.24, 2.45) is 17.8 Å². The Morgan fingerprint density at radius 2 is 1.54 bits per heavy atom. The van der Waals surface area contributed by atoms with Crippen LogP contribution in [-0.4, -0.2) is 20.7 Å². The Bertz CT molecular complexity index is 345. The molecule has 1 heterocycles. The van der Waals surface area contributed by atoms with E-state index in [1.54, 1.807) is 19.3 Å². The van der Waals surface area contributed by atoms with Crippen LogP contribution in [0.1, 0.15) is 57.8 Å². The number of piperidine rings is 1. The summed E-state index contributed by atoms with van der Waals surface area (Å²) in [5.41, 5.74) is 1.11. The van der Waals surface area contributed by atoms with Gasteiger partial charge in [0.05, 0.1) is 0 Å². The number of hydrogen-bond donors (Lipinski definition) is 0. The van der Waals surface area contributed by atoms with Crippen LogP contribution in [-0.2, 0) is 13.4 Å². The molecule has 1 nitrogen and oxygen atoms in total. The molecule has 5 heteroatoms. The van der Waals surface area contributed by atoms with E-state index in [1.807, 2.05) is 0 Å². The van der Waals surface area contributed by atoms with Crippen LogP contribution in [0.25, 0.3) is 5.32 Å².